The average Bonchev–Trinajstić information content (AvgIpc) is 3.10. The molecule has 2 atom stereocenters. The zero-order valence-electron chi connectivity index (χ0n) is 19.4. The van der Waals surface area contributed by atoms with Gasteiger partial charge in [0, 0.05) is 30.2 Å². The molecule has 0 fully saturated rings. The normalized spacial score (nSPS) is 24.7. The summed E-state index contributed by atoms with van der Waals surface area (Å²) in [5.41, 5.74) is 7.54. The maximum Gasteiger partial charge on any atom is 0.210 e. The molecular weight excluding hydrogens is 421 g/mol. The number of amidine groups is 1. The number of aliphatic hydroxyl groups is 1. The molecule has 7 heteroatoms. The van der Waals surface area contributed by atoms with Gasteiger partial charge in [-0.3, -0.25) is 0 Å². The highest BCUT2D eigenvalue weighted by molar-refractivity contribution is 6.41. The lowest BCUT2D eigenvalue weighted by Crippen LogP contribution is -2.50. The molecule has 0 radical (unpaired) electrons. The number of ether oxygens (including phenoxy) is 2. The second-order valence-electron chi connectivity index (χ2n) is 8.43. The van der Waals surface area contributed by atoms with Gasteiger partial charge in [0.1, 0.15) is 28.8 Å². The van der Waals surface area contributed by atoms with Gasteiger partial charge < -0.3 is 20.3 Å². The fourth-order valence-electron chi connectivity index (χ4n) is 4.76. The second kappa shape index (κ2) is 8.15. The SMILES string of the molecule is COc1c(C)cc(C2(C3(OC)C=C(c4ccccc4F)C(O)=CC3)N=C(C)C(N)=N2)cc1C. The summed E-state index contributed by atoms with van der Waals surface area (Å²) in [6.07, 6.45) is 3.59. The highest BCUT2D eigenvalue weighted by Gasteiger charge is 2.56. The quantitative estimate of drug-likeness (QED) is 0.689. The summed E-state index contributed by atoms with van der Waals surface area (Å²) in [6, 6.07) is 10.2. The maximum atomic E-state index is 14.7. The van der Waals surface area contributed by atoms with Gasteiger partial charge in [-0.05, 0) is 62.2 Å². The summed E-state index contributed by atoms with van der Waals surface area (Å²) in [6.45, 7) is 5.70. The van der Waals surface area contributed by atoms with E-state index in [9.17, 15) is 9.50 Å². The summed E-state index contributed by atoms with van der Waals surface area (Å²) >= 11 is 0. The first-order chi connectivity index (χ1) is 15.7. The van der Waals surface area contributed by atoms with Crippen LogP contribution in [0.25, 0.3) is 5.57 Å². The number of halogens is 1. The molecule has 0 saturated heterocycles. The standard InChI is InChI=1S/C26H28FN3O3/c1-15-12-18(13-16(2)23(15)32-4)26(29-17(3)24(28)30-26)25(33-5)11-10-22(31)20(14-25)19-8-6-7-9-21(19)27/h6-10,12-14,31H,11H2,1-5H3,(H2,28,30). The molecule has 33 heavy (non-hydrogen) atoms. The number of hydrogen-bond donors (Lipinski definition) is 2. The summed E-state index contributed by atoms with van der Waals surface area (Å²) in [5.74, 6) is 0.604. The van der Waals surface area contributed by atoms with Crippen molar-refractivity contribution < 1.29 is 19.0 Å². The Balaban J connectivity index is 2.01. The largest absolute Gasteiger partial charge is 0.508 e. The first-order valence-corrected chi connectivity index (χ1v) is 10.7. The Bertz CT molecular complexity index is 1200. The van der Waals surface area contributed by atoms with Crippen molar-refractivity contribution in [2.45, 2.75) is 38.5 Å². The van der Waals surface area contributed by atoms with Crippen LogP contribution in [0.4, 0.5) is 4.39 Å². The Morgan fingerprint density at radius 3 is 2.27 bits per heavy atom. The van der Waals surface area contributed by atoms with E-state index in [1.54, 1.807) is 51.5 Å². The number of nitrogens with two attached hydrogens (primary N) is 1. The molecule has 2 aliphatic rings. The van der Waals surface area contributed by atoms with Crippen LogP contribution in [-0.2, 0) is 10.4 Å². The summed E-state index contributed by atoms with van der Waals surface area (Å²) < 4.78 is 26.4. The van der Waals surface area contributed by atoms with Crippen molar-refractivity contribution in [1.29, 1.82) is 0 Å². The van der Waals surface area contributed by atoms with Gasteiger partial charge in [0.25, 0.3) is 0 Å². The third-order valence-electron chi connectivity index (χ3n) is 6.42. The van der Waals surface area contributed by atoms with E-state index in [1.807, 2.05) is 26.0 Å². The number of rotatable bonds is 5. The molecular formula is C26H28FN3O3. The van der Waals surface area contributed by atoms with E-state index in [-0.39, 0.29) is 17.7 Å². The molecule has 0 saturated carbocycles. The molecule has 6 nitrogen and oxygen atoms in total. The highest BCUT2D eigenvalue weighted by Crippen LogP contribution is 2.51. The third kappa shape index (κ3) is 3.43. The predicted octanol–water partition coefficient (Wildman–Crippen LogP) is 4.75. The van der Waals surface area contributed by atoms with Crippen LogP contribution >= 0.6 is 0 Å². The molecule has 3 N–H and O–H groups in total. The minimum atomic E-state index is -1.27. The van der Waals surface area contributed by atoms with Crippen LogP contribution in [0, 0.1) is 19.7 Å². The number of aliphatic hydroxyl groups excluding tert-OH is 1. The molecule has 0 bridgehead atoms. The number of hydrogen-bond acceptors (Lipinski definition) is 6. The number of benzene rings is 2. The van der Waals surface area contributed by atoms with Crippen molar-refractivity contribution in [1.82, 2.24) is 0 Å². The van der Waals surface area contributed by atoms with Crippen LogP contribution in [0.15, 0.2) is 64.3 Å². The van der Waals surface area contributed by atoms with Crippen molar-refractivity contribution in [3.63, 3.8) is 0 Å². The van der Waals surface area contributed by atoms with E-state index in [1.165, 1.54) is 6.07 Å². The summed E-state index contributed by atoms with van der Waals surface area (Å²) in [7, 11) is 3.19. The van der Waals surface area contributed by atoms with Crippen molar-refractivity contribution in [2.24, 2.45) is 15.7 Å². The summed E-state index contributed by atoms with van der Waals surface area (Å²) in [4.78, 5) is 9.75. The van der Waals surface area contributed by atoms with Crippen LogP contribution in [0.3, 0.4) is 0 Å². The Kier molecular flexibility index (Phi) is 5.62. The molecule has 2 unspecified atom stereocenters. The smallest absolute Gasteiger partial charge is 0.210 e. The lowest BCUT2D eigenvalue weighted by atomic mass is 9.74. The lowest BCUT2D eigenvalue weighted by molar-refractivity contribution is -0.0298. The van der Waals surface area contributed by atoms with Gasteiger partial charge in [0.05, 0.1) is 12.8 Å². The molecule has 1 aliphatic heterocycles. The molecule has 172 valence electrons. The number of methoxy groups -OCH3 is 2. The minimum Gasteiger partial charge on any atom is -0.508 e. The van der Waals surface area contributed by atoms with E-state index < -0.39 is 17.1 Å². The van der Waals surface area contributed by atoms with Crippen LogP contribution < -0.4 is 10.5 Å². The van der Waals surface area contributed by atoms with Crippen molar-refractivity contribution >= 4 is 17.1 Å². The molecule has 4 rings (SSSR count). The second-order valence-corrected chi connectivity index (χ2v) is 8.43. The minimum absolute atomic E-state index is 0.0272. The van der Waals surface area contributed by atoms with Crippen LogP contribution in [0.2, 0.25) is 0 Å². The summed E-state index contributed by atoms with van der Waals surface area (Å²) in [5, 5.41) is 10.7. The fourth-order valence-corrected chi connectivity index (χ4v) is 4.76. The highest BCUT2D eigenvalue weighted by atomic mass is 19.1. The number of aryl methyl sites for hydroxylation is 2. The molecule has 1 heterocycles. The molecule has 2 aromatic carbocycles. The van der Waals surface area contributed by atoms with Gasteiger partial charge in [0.15, 0.2) is 0 Å². The average molecular weight is 450 g/mol. The van der Waals surface area contributed by atoms with Crippen molar-refractivity contribution in [3.05, 3.63) is 82.4 Å². The van der Waals surface area contributed by atoms with Gasteiger partial charge in [-0.1, -0.05) is 18.2 Å². The fraction of sp³-hybridized carbons (Fsp3) is 0.308. The van der Waals surface area contributed by atoms with Gasteiger partial charge in [0.2, 0.25) is 5.66 Å². The first-order valence-electron chi connectivity index (χ1n) is 10.7. The van der Waals surface area contributed by atoms with E-state index in [0.717, 1.165) is 22.4 Å². The van der Waals surface area contributed by atoms with E-state index in [2.05, 4.69) is 0 Å². The lowest BCUT2D eigenvalue weighted by Gasteiger charge is -2.43. The molecule has 0 spiro atoms. The Hall–Kier alpha value is -3.45. The molecule has 2 aromatic rings. The van der Waals surface area contributed by atoms with Crippen LogP contribution in [0.5, 0.6) is 5.75 Å². The number of aliphatic imine (C=N–C) groups is 2. The number of allylic oxidation sites excluding steroid dienone is 1. The Morgan fingerprint density at radius 1 is 1.06 bits per heavy atom. The van der Waals surface area contributed by atoms with Crippen LogP contribution in [-0.4, -0.2) is 36.5 Å². The Labute approximate surface area is 193 Å². The van der Waals surface area contributed by atoms with Crippen LogP contribution in [0.1, 0.15) is 35.6 Å². The van der Waals surface area contributed by atoms with E-state index in [0.29, 0.717) is 17.1 Å². The maximum absolute atomic E-state index is 14.7. The zero-order valence-corrected chi connectivity index (χ0v) is 19.4. The monoisotopic (exact) mass is 449 g/mol. The third-order valence-corrected chi connectivity index (χ3v) is 6.42. The number of nitrogens with zero attached hydrogens (tertiary/aromatic N) is 2. The predicted molar refractivity (Wildman–Crippen MR) is 128 cm³/mol. The van der Waals surface area contributed by atoms with Gasteiger partial charge >= 0.3 is 0 Å². The zero-order chi connectivity index (χ0) is 24.0. The molecule has 1 aliphatic carbocycles. The Morgan fingerprint density at radius 2 is 1.73 bits per heavy atom. The van der Waals surface area contributed by atoms with Gasteiger partial charge in [-0.25, -0.2) is 14.4 Å². The van der Waals surface area contributed by atoms with E-state index in [4.69, 9.17) is 25.2 Å². The topological polar surface area (TPSA) is 89.4 Å². The first kappa shape index (κ1) is 22.7. The van der Waals surface area contributed by atoms with Gasteiger partial charge in [-0.2, -0.15) is 0 Å². The molecule has 0 amide bonds. The van der Waals surface area contributed by atoms with Crippen molar-refractivity contribution in [3.8, 4) is 5.75 Å². The molecule has 0 aromatic heterocycles. The van der Waals surface area contributed by atoms with Gasteiger partial charge in [-0.15, -0.1) is 0 Å². The van der Waals surface area contributed by atoms with Crippen molar-refractivity contribution in [2.75, 3.05) is 14.2 Å². The van der Waals surface area contributed by atoms with E-state index >= 15 is 0 Å².